The summed E-state index contributed by atoms with van der Waals surface area (Å²) in [6.45, 7) is 6.82. The van der Waals surface area contributed by atoms with Crippen LogP contribution in [0, 0.1) is 5.82 Å². The molecule has 27 heavy (non-hydrogen) atoms. The van der Waals surface area contributed by atoms with Crippen LogP contribution in [-0.4, -0.2) is 14.7 Å². The van der Waals surface area contributed by atoms with Crippen LogP contribution < -0.4 is 10.7 Å². The highest BCUT2D eigenvalue weighted by molar-refractivity contribution is 5.80. The molecule has 0 bridgehead atoms. The molecule has 0 aliphatic rings. The Morgan fingerprint density at radius 2 is 2.00 bits per heavy atom. The predicted molar refractivity (Wildman–Crippen MR) is 105 cm³/mol. The molecule has 0 fully saturated rings. The second kappa shape index (κ2) is 7.80. The van der Waals surface area contributed by atoms with Crippen molar-refractivity contribution in [3.05, 3.63) is 101 Å². The highest BCUT2D eigenvalue weighted by Gasteiger charge is 2.16. The molecule has 2 N–H and O–H groups in total. The fourth-order valence-corrected chi connectivity index (χ4v) is 2.73. The fourth-order valence-electron chi connectivity index (χ4n) is 2.73. The van der Waals surface area contributed by atoms with Gasteiger partial charge < -0.3 is 10.4 Å². The number of aliphatic hydroxyl groups excluding tert-OH is 1. The van der Waals surface area contributed by atoms with E-state index in [9.17, 15) is 14.3 Å². The third kappa shape index (κ3) is 3.56. The summed E-state index contributed by atoms with van der Waals surface area (Å²) in [6, 6.07) is 11.7. The second-order valence-corrected chi connectivity index (χ2v) is 5.70. The molecule has 3 aromatic rings. The highest BCUT2D eigenvalue weighted by Crippen LogP contribution is 2.24. The first-order valence-electron chi connectivity index (χ1n) is 8.22. The molecule has 6 heteroatoms. The Hall–Kier alpha value is -3.51. The summed E-state index contributed by atoms with van der Waals surface area (Å²) < 4.78 is 15.8. The van der Waals surface area contributed by atoms with Gasteiger partial charge in [0, 0.05) is 17.5 Å². The molecule has 2 heterocycles. The van der Waals surface area contributed by atoms with Gasteiger partial charge in [0.25, 0.3) is 0 Å². The minimum Gasteiger partial charge on any atom is -0.390 e. The molecule has 1 aromatic carbocycles. The summed E-state index contributed by atoms with van der Waals surface area (Å²) in [5, 5.41) is 12.6. The summed E-state index contributed by atoms with van der Waals surface area (Å²) >= 11 is 0. The van der Waals surface area contributed by atoms with Crippen LogP contribution >= 0.6 is 0 Å². The molecular formula is C21H18FN3O2. The Kier molecular flexibility index (Phi) is 5.28. The number of halogens is 1. The number of aliphatic hydroxyl groups is 1. The first-order valence-corrected chi connectivity index (χ1v) is 8.22. The smallest absolute Gasteiger partial charge is 0.193 e. The first-order chi connectivity index (χ1) is 13.1. The Morgan fingerprint density at radius 1 is 1.26 bits per heavy atom. The van der Waals surface area contributed by atoms with E-state index in [1.807, 2.05) is 30.3 Å². The molecule has 2 aromatic heterocycles. The lowest BCUT2D eigenvalue weighted by Gasteiger charge is -2.18. The van der Waals surface area contributed by atoms with Gasteiger partial charge in [-0.3, -0.25) is 9.36 Å². The number of hydrogen-bond acceptors (Lipinski definition) is 4. The van der Waals surface area contributed by atoms with E-state index < -0.39 is 17.9 Å². The summed E-state index contributed by atoms with van der Waals surface area (Å²) in [4.78, 5) is 16.8. The standard InChI is InChI=1S/C21H18FN3O2/c1-3-8-14(4-2)23-20-12-19(27)16-11-17(22)18(13-26)24-21(16)25(20)15-9-6-5-7-10-15/h3-12,23,26H,1-2,13H2/b14-8+. The second-order valence-electron chi connectivity index (χ2n) is 5.70. The summed E-state index contributed by atoms with van der Waals surface area (Å²) in [5.74, 6) is -0.296. The third-order valence-corrected chi connectivity index (χ3v) is 3.97. The van der Waals surface area contributed by atoms with Crippen LogP contribution in [0.25, 0.3) is 16.7 Å². The van der Waals surface area contributed by atoms with Gasteiger partial charge in [-0.2, -0.15) is 0 Å². The van der Waals surface area contributed by atoms with E-state index in [0.29, 0.717) is 11.5 Å². The Labute approximate surface area is 155 Å². The number of rotatable bonds is 6. The average Bonchev–Trinajstić information content (AvgIpc) is 2.68. The maximum atomic E-state index is 14.1. The van der Waals surface area contributed by atoms with Gasteiger partial charge in [-0.15, -0.1) is 0 Å². The number of fused-ring (bicyclic) bond motifs is 1. The average molecular weight is 363 g/mol. The Balaban J connectivity index is 2.39. The van der Waals surface area contributed by atoms with Crippen LogP contribution in [0.5, 0.6) is 0 Å². The van der Waals surface area contributed by atoms with Crippen molar-refractivity contribution >= 4 is 16.9 Å². The largest absolute Gasteiger partial charge is 0.390 e. The van der Waals surface area contributed by atoms with E-state index in [1.54, 1.807) is 22.8 Å². The molecule has 3 rings (SSSR count). The van der Waals surface area contributed by atoms with Gasteiger partial charge in [0.05, 0.1) is 12.0 Å². The lowest BCUT2D eigenvalue weighted by atomic mass is 10.2. The maximum absolute atomic E-state index is 14.1. The monoisotopic (exact) mass is 363 g/mol. The van der Waals surface area contributed by atoms with Crippen molar-refractivity contribution in [2.75, 3.05) is 5.32 Å². The van der Waals surface area contributed by atoms with Crippen molar-refractivity contribution in [3.63, 3.8) is 0 Å². The molecule has 0 aliphatic carbocycles. The molecule has 0 saturated carbocycles. The molecule has 0 unspecified atom stereocenters. The first kappa shape index (κ1) is 18.3. The van der Waals surface area contributed by atoms with Crippen LogP contribution in [0.2, 0.25) is 0 Å². The van der Waals surface area contributed by atoms with E-state index in [4.69, 9.17) is 0 Å². The number of pyridine rings is 2. The normalized spacial score (nSPS) is 11.4. The van der Waals surface area contributed by atoms with Gasteiger partial charge in [0.15, 0.2) is 11.1 Å². The summed E-state index contributed by atoms with van der Waals surface area (Å²) in [5.41, 5.74) is 1.06. The van der Waals surface area contributed by atoms with Crippen LogP contribution in [0.4, 0.5) is 10.2 Å². The van der Waals surface area contributed by atoms with Gasteiger partial charge in [0.1, 0.15) is 17.3 Å². The van der Waals surface area contributed by atoms with E-state index >= 15 is 0 Å². The number of nitrogens with one attached hydrogen (secondary N) is 1. The van der Waals surface area contributed by atoms with Crippen LogP contribution in [0.1, 0.15) is 5.69 Å². The number of para-hydroxylation sites is 1. The van der Waals surface area contributed by atoms with E-state index in [0.717, 1.165) is 11.8 Å². The third-order valence-electron chi connectivity index (χ3n) is 3.97. The number of hydrogen-bond donors (Lipinski definition) is 2. The quantitative estimate of drug-likeness (QED) is 0.656. The fraction of sp³-hybridized carbons (Fsp3) is 0.0476. The number of nitrogens with zero attached hydrogens (tertiary/aromatic N) is 2. The number of allylic oxidation sites excluding steroid dienone is 3. The van der Waals surface area contributed by atoms with Gasteiger partial charge >= 0.3 is 0 Å². The SMILES string of the molecule is C=C/C=C(\C=C)Nc1cc(=O)c2cc(F)c(CO)nc2n1-c1ccccc1. The van der Waals surface area contributed by atoms with Crippen molar-refractivity contribution in [1.29, 1.82) is 0 Å². The van der Waals surface area contributed by atoms with Gasteiger partial charge in [-0.25, -0.2) is 9.37 Å². The van der Waals surface area contributed by atoms with Crippen molar-refractivity contribution in [2.24, 2.45) is 0 Å². The molecular weight excluding hydrogens is 345 g/mol. The number of benzene rings is 1. The minimum atomic E-state index is -0.722. The van der Waals surface area contributed by atoms with Crippen molar-refractivity contribution in [2.45, 2.75) is 6.61 Å². The topological polar surface area (TPSA) is 67.2 Å². The lowest BCUT2D eigenvalue weighted by molar-refractivity contribution is 0.270. The predicted octanol–water partition coefficient (Wildman–Crippen LogP) is 3.68. The van der Waals surface area contributed by atoms with Crippen LogP contribution in [-0.2, 0) is 6.61 Å². The number of anilines is 1. The molecule has 0 amide bonds. The van der Waals surface area contributed by atoms with Gasteiger partial charge in [0.2, 0.25) is 0 Å². The molecule has 0 aliphatic heterocycles. The van der Waals surface area contributed by atoms with Crippen LogP contribution in [0.15, 0.2) is 84.3 Å². The molecule has 0 radical (unpaired) electrons. The van der Waals surface area contributed by atoms with Crippen LogP contribution in [0.3, 0.4) is 0 Å². The summed E-state index contributed by atoms with van der Waals surface area (Å²) in [6.07, 6.45) is 4.88. The zero-order valence-corrected chi connectivity index (χ0v) is 14.5. The molecule has 0 saturated heterocycles. The van der Waals surface area contributed by atoms with Crippen molar-refractivity contribution in [3.8, 4) is 5.69 Å². The summed E-state index contributed by atoms with van der Waals surface area (Å²) in [7, 11) is 0. The lowest BCUT2D eigenvalue weighted by Crippen LogP contribution is -2.16. The van der Waals surface area contributed by atoms with Crippen molar-refractivity contribution in [1.82, 2.24) is 9.55 Å². The Morgan fingerprint density at radius 3 is 2.63 bits per heavy atom. The highest BCUT2D eigenvalue weighted by atomic mass is 19.1. The molecule has 0 spiro atoms. The Bertz CT molecular complexity index is 1100. The molecule has 0 atom stereocenters. The van der Waals surface area contributed by atoms with Crippen molar-refractivity contribution < 1.29 is 9.50 Å². The molecule has 5 nitrogen and oxygen atoms in total. The van der Waals surface area contributed by atoms with E-state index in [2.05, 4.69) is 23.5 Å². The molecule has 136 valence electrons. The maximum Gasteiger partial charge on any atom is 0.193 e. The zero-order valence-electron chi connectivity index (χ0n) is 14.5. The van der Waals surface area contributed by atoms with Gasteiger partial charge in [-0.05, 0) is 30.4 Å². The zero-order chi connectivity index (χ0) is 19.4. The van der Waals surface area contributed by atoms with E-state index in [1.165, 1.54) is 6.07 Å². The van der Waals surface area contributed by atoms with E-state index in [-0.39, 0.29) is 16.7 Å². The number of aromatic nitrogens is 2. The minimum absolute atomic E-state index is 0.118. The van der Waals surface area contributed by atoms with Gasteiger partial charge in [-0.1, -0.05) is 37.4 Å².